The van der Waals surface area contributed by atoms with Crippen LogP contribution in [0.5, 0.6) is 0 Å². The minimum atomic E-state index is -0.942. The summed E-state index contributed by atoms with van der Waals surface area (Å²) in [5, 5.41) is 18.6. The quantitative estimate of drug-likeness (QED) is 0.818. The Morgan fingerprint density at radius 3 is 3.00 bits per heavy atom. The Morgan fingerprint density at radius 2 is 2.41 bits per heavy atom. The number of carboxylic acid groups (broad SMARTS) is 1. The third kappa shape index (κ3) is 2.39. The lowest BCUT2D eigenvalue weighted by molar-refractivity contribution is 0.0697. The zero-order chi connectivity index (χ0) is 12.4. The number of anilines is 1. The van der Waals surface area contributed by atoms with E-state index in [2.05, 4.69) is 4.98 Å². The minimum absolute atomic E-state index is 0.205. The molecule has 1 aliphatic heterocycles. The molecule has 5 nitrogen and oxygen atoms in total. The van der Waals surface area contributed by atoms with E-state index in [0.29, 0.717) is 12.2 Å². The van der Waals surface area contributed by atoms with E-state index in [1.807, 2.05) is 4.90 Å². The average molecular weight is 236 g/mol. The van der Waals surface area contributed by atoms with Gasteiger partial charge in [0.2, 0.25) is 0 Å². The average Bonchev–Trinajstić information content (AvgIpc) is 2.78. The summed E-state index contributed by atoms with van der Waals surface area (Å²) in [5.74, 6) is -0.736. The van der Waals surface area contributed by atoms with Crippen LogP contribution in [0.3, 0.4) is 0 Å². The normalized spacial score (nSPS) is 21.5. The van der Waals surface area contributed by atoms with Gasteiger partial charge in [-0.05, 0) is 19.4 Å². The number of aliphatic hydroxyl groups excluding tert-OH is 1. The molecule has 0 aromatic carbocycles. The molecule has 1 aliphatic rings. The van der Waals surface area contributed by atoms with Crippen LogP contribution in [0.2, 0.25) is 0 Å². The molecule has 2 heterocycles. The Labute approximate surface area is 99.7 Å². The van der Waals surface area contributed by atoms with E-state index in [-0.39, 0.29) is 17.6 Å². The van der Waals surface area contributed by atoms with Crippen LogP contribution in [-0.2, 0) is 0 Å². The molecule has 1 aromatic rings. The summed E-state index contributed by atoms with van der Waals surface area (Å²) in [6, 6.07) is 1.51. The van der Waals surface area contributed by atoms with Crippen molar-refractivity contribution < 1.29 is 15.0 Å². The monoisotopic (exact) mass is 236 g/mol. The van der Waals surface area contributed by atoms with Crippen LogP contribution in [0, 0.1) is 5.92 Å². The van der Waals surface area contributed by atoms with Gasteiger partial charge in [0.25, 0.3) is 0 Å². The standard InChI is InChI=1S/C12H16N2O3/c1-8(15)9-3-5-14(7-9)11-6-13-4-2-10(11)12(16)17/h2,4,6,8-9,15H,3,5,7H2,1H3,(H,16,17). The summed E-state index contributed by atoms with van der Waals surface area (Å²) in [6.45, 7) is 3.22. The van der Waals surface area contributed by atoms with Crippen molar-refractivity contribution >= 4 is 11.7 Å². The van der Waals surface area contributed by atoms with E-state index in [1.54, 1.807) is 13.1 Å². The number of aromatic nitrogens is 1. The van der Waals surface area contributed by atoms with Gasteiger partial charge in [-0.1, -0.05) is 0 Å². The van der Waals surface area contributed by atoms with Gasteiger partial charge in [-0.25, -0.2) is 4.79 Å². The van der Waals surface area contributed by atoms with Crippen LogP contribution in [0.15, 0.2) is 18.5 Å². The number of pyridine rings is 1. The second kappa shape index (κ2) is 4.71. The lowest BCUT2D eigenvalue weighted by atomic mass is 10.0. The van der Waals surface area contributed by atoms with Gasteiger partial charge in [-0.15, -0.1) is 0 Å². The van der Waals surface area contributed by atoms with Gasteiger partial charge in [0.15, 0.2) is 0 Å². The molecule has 2 unspecified atom stereocenters. The first-order valence-electron chi connectivity index (χ1n) is 5.70. The van der Waals surface area contributed by atoms with Gasteiger partial charge < -0.3 is 15.1 Å². The predicted molar refractivity (Wildman–Crippen MR) is 63.2 cm³/mol. The second-order valence-corrected chi connectivity index (χ2v) is 4.43. The highest BCUT2D eigenvalue weighted by Crippen LogP contribution is 2.27. The summed E-state index contributed by atoms with van der Waals surface area (Å²) >= 11 is 0. The van der Waals surface area contributed by atoms with Crippen molar-refractivity contribution in [1.29, 1.82) is 0 Å². The van der Waals surface area contributed by atoms with Crippen LogP contribution >= 0.6 is 0 Å². The van der Waals surface area contributed by atoms with Crippen LogP contribution in [0.1, 0.15) is 23.7 Å². The van der Waals surface area contributed by atoms with Gasteiger partial charge in [0, 0.05) is 25.2 Å². The Balaban J connectivity index is 2.21. The van der Waals surface area contributed by atoms with Gasteiger partial charge in [0.1, 0.15) is 0 Å². The van der Waals surface area contributed by atoms with Crippen LogP contribution < -0.4 is 4.90 Å². The molecular weight excluding hydrogens is 220 g/mol. The van der Waals surface area contributed by atoms with Crippen LogP contribution in [0.25, 0.3) is 0 Å². The van der Waals surface area contributed by atoms with E-state index in [1.165, 1.54) is 12.3 Å². The van der Waals surface area contributed by atoms with E-state index in [4.69, 9.17) is 5.11 Å². The largest absolute Gasteiger partial charge is 0.478 e. The number of carboxylic acids is 1. The third-order valence-electron chi connectivity index (χ3n) is 3.28. The maximum atomic E-state index is 11.1. The van der Waals surface area contributed by atoms with E-state index < -0.39 is 5.97 Å². The van der Waals surface area contributed by atoms with Gasteiger partial charge in [0.05, 0.1) is 23.6 Å². The smallest absolute Gasteiger partial charge is 0.337 e. The Morgan fingerprint density at radius 1 is 1.65 bits per heavy atom. The fourth-order valence-corrected chi connectivity index (χ4v) is 2.22. The van der Waals surface area contributed by atoms with Crippen molar-refractivity contribution in [3.8, 4) is 0 Å². The molecule has 0 aliphatic carbocycles. The van der Waals surface area contributed by atoms with Crippen molar-refractivity contribution in [2.24, 2.45) is 5.92 Å². The number of carbonyl (C=O) groups is 1. The zero-order valence-electron chi connectivity index (χ0n) is 9.71. The van der Waals surface area contributed by atoms with Gasteiger partial charge in [-0.3, -0.25) is 4.98 Å². The first kappa shape index (κ1) is 11.9. The maximum Gasteiger partial charge on any atom is 0.337 e. The minimum Gasteiger partial charge on any atom is -0.478 e. The number of hydrogen-bond donors (Lipinski definition) is 2. The molecule has 2 rings (SSSR count). The molecule has 1 saturated heterocycles. The molecule has 17 heavy (non-hydrogen) atoms. The SMILES string of the molecule is CC(O)C1CCN(c2cnccc2C(=O)O)C1. The molecular formula is C12H16N2O3. The highest BCUT2D eigenvalue weighted by molar-refractivity contribution is 5.94. The van der Waals surface area contributed by atoms with E-state index in [0.717, 1.165) is 13.0 Å². The number of aliphatic hydroxyl groups is 1. The number of aromatic carboxylic acids is 1. The van der Waals surface area contributed by atoms with Gasteiger partial charge in [-0.2, -0.15) is 0 Å². The fraction of sp³-hybridized carbons (Fsp3) is 0.500. The Bertz CT molecular complexity index is 420. The maximum absolute atomic E-state index is 11.1. The van der Waals surface area contributed by atoms with Crippen molar-refractivity contribution in [3.05, 3.63) is 24.0 Å². The second-order valence-electron chi connectivity index (χ2n) is 4.43. The molecule has 92 valence electrons. The molecule has 1 fully saturated rings. The van der Waals surface area contributed by atoms with E-state index >= 15 is 0 Å². The molecule has 0 radical (unpaired) electrons. The summed E-state index contributed by atoms with van der Waals surface area (Å²) in [7, 11) is 0. The van der Waals surface area contributed by atoms with Crippen molar-refractivity contribution in [2.45, 2.75) is 19.4 Å². The molecule has 0 spiro atoms. The van der Waals surface area contributed by atoms with E-state index in [9.17, 15) is 9.90 Å². The lowest BCUT2D eigenvalue weighted by Gasteiger charge is -2.20. The molecule has 5 heteroatoms. The molecule has 0 saturated carbocycles. The predicted octanol–water partition coefficient (Wildman–Crippen LogP) is 0.987. The summed E-state index contributed by atoms with van der Waals surface area (Å²) < 4.78 is 0. The summed E-state index contributed by atoms with van der Waals surface area (Å²) in [6.07, 6.45) is 3.58. The topological polar surface area (TPSA) is 73.7 Å². The third-order valence-corrected chi connectivity index (χ3v) is 3.28. The number of rotatable bonds is 3. The lowest BCUT2D eigenvalue weighted by Crippen LogP contribution is -2.25. The summed E-state index contributed by atoms with van der Waals surface area (Å²) in [4.78, 5) is 17.0. The Kier molecular flexibility index (Phi) is 3.28. The summed E-state index contributed by atoms with van der Waals surface area (Å²) in [5.41, 5.74) is 0.911. The fourth-order valence-electron chi connectivity index (χ4n) is 2.22. The zero-order valence-corrected chi connectivity index (χ0v) is 9.71. The number of nitrogens with zero attached hydrogens (tertiary/aromatic N) is 2. The Hall–Kier alpha value is -1.62. The molecule has 0 bridgehead atoms. The van der Waals surface area contributed by atoms with Gasteiger partial charge >= 0.3 is 5.97 Å². The molecule has 2 atom stereocenters. The van der Waals surface area contributed by atoms with Crippen molar-refractivity contribution in [3.63, 3.8) is 0 Å². The molecule has 0 amide bonds. The van der Waals surface area contributed by atoms with Crippen molar-refractivity contribution in [1.82, 2.24) is 4.98 Å². The highest BCUT2D eigenvalue weighted by Gasteiger charge is 2.28. The van der Waals surface area contributed by atoms with Crippen LogP contribution in [0.4, 0.5) is 5.69 Å². The highest BCUT2D eigenvalue weighted by atomic mass is 16.4. The molecule has 1 aromatic heterocycles. The van der Waals surface area contributed by atoms with Crippen molar-refractivity contribution in [2.75, 3.05) is 18.0 Å². The number of hydrogen-bond acceptors (Lipinski definition) is 4. The first-order chi connectivity index (χ1) is 8.09. The molecule has 2 N–H and O–H groups in total. The van der Waals surface area contributed by atoms with Crippen LogP contribution in [-0.4, -0.2) is 40.4 Å². The first-order valence-corrected chi connectivity index (χ1v) is 5.70.